The van der Waals surface area contributed by atoms with E-state index in [-0.39, 0.29) is 18.0 Å². The Balaban J connectivity index is 2.24. The van der Waals surface area contributed by atoms with Crippen LogP contribution in [0.2, 0.25) is 0 Å². The zero-order valence-electron chi connectivity index (χ0n) is 10.2. The third kappa shape index (κ3) is 3.17. The Labute approximate surface area is 118 Å². The Kier molecular flexibility index (Phi) is 4.27. The van der Waals surface area contributed by atoms with E-state index in [4.69, 9.17) is 4.74 Å². The van der Waals surface area contributed by atoms with Crippen LogP contribution in [0.3, 0.4) is 0 Å². The van der Waals surface area contributed by atoms with Crippen LogP contribution in [0.15, 0.2) is 41.1 Å². The predicted octanol–water partition coefficient (Wildman–Crippen LogP) is 3.42. The molecule has 0 fully saturated rings. The largest absolute Gasteiger partial charge is 0.494 e. The van der Waals surface area contributed by atoms with Gasteiger partial charge in [-0.3, -0.25) is 9.78 Å². The first kappa shape index (κ1) is 13.7. The minimum absolute atomic E-state index is 0.0266. The molecule has 1 aromatic carbocycles. The monoisotopic (exact) mass is 323 g/mol. The van der Waals surface area contributed by atoms with Gasteiger partial charge < -0.3 is 4.74 Å². The minimum atomic E-state index is -0.499. The van der Waals surface area contributed by atoms with E-state index in [1.807, 2.05) is 0 Å². The second-order valence-electron chi connectivity index (χ2n) is 3.93. The van der Waals surface area contributed by atoms with Gasteiger partial charge in [0.05, 0.1) is 7.11 Å². The predicted molar refractivity (Wildman–Crippen MR) is 72.9 cm³/mol. The van der Waals surface area contributed by atoms with Gasteiger partial charge in [0.25, 0.3) is 0 Å². The Morgan fingerprint density at radius 3 is 2.89 bits per heavy atom. The summed E-state index contributed by atoms with van der Waals surface area (Å²) < 4.78 is 19.5. The normalized spacial score (nSPS) is 10.3. The fourth-order valence-corrected chi connectivity index (χ4v) is 2.05. The Morgan fingerprint density at radius 2 is 2.21 bits per heavy atom. The fourth-order valence-electron chi connectivity index (χ4n) is 1.69. The summed E-state index contributed by atoms with van der Waals surface area (Å²) in [5.41, 5.74) is 0.751. The lowest BCUT2D eigenvalue weighted by Crippen LogP contribution is -2.06. The third-order valence-electron chi connectivity index (χ3n) is 2.64. The molecule has 0 unspecified atom stereocenters. The summed E-state index contributed by atoms with van der Waals surface area (Å²) in [6, 6.07) is 6.40. The van der Waals surface area contributed by atoms with Crippen molar-refractivity contribution in [2.24, 2.45) is 0 Å². The molecule has 98 valence electrons. The van der Waals surface area contributed by atoms with Crippen LogP contribution in [0.1, 0.15) is 15.9 Å². The molecule has 0 bridgehead atoms. The molecule has 0 spiro atoms. The van der Waals surface area contributed by atoms with Crippen molar-refractivity contribution < 1.29 is 13.9 Å². The van der Waals surface area contributed by atoms with E-state index in [0.717, 1.165) is 0 Å². The number of carbonyl (C=O) groups is 1. The van der Waals surface area contributed by atoms with Crippen molar-refractivity contribution in [1.29, 1.82) is 0 Å². The van der Waals surface area contributed by atoms with E-state index in [9.17, 15) is 9.18 Å². The van der Waals surface area contributed by atoms with Crippen LogP contribution < -0.4 is 4.74 Å². The quantitative estimate of drug-likeness (QED) is 0.809. The highest BCUT2D eigenvalue weighted by Crippen LogP contribution is 2.21. The molecule has 0 amide bonds. The van der Waals surface area contributed by atoms with Gasteiger partial charge in [-0.1, -0.05) is 12.1 Å². The number of methoxy groups -OCH3 is 1. The molecular weight excluding hydrogens is 313 g/mol. The van der Waals surface area contributed by atoms with Crippen molar-refractivity contribution in [3.63, 3.8) is 0 Å². The number of aromatic nitrogens is 1. The van der Waals surface area contributed by atoms with Gasteiger partial charge in [-0.15, -0.1) is 0 Å². The number of halogens is 2. The highest BCUT2D eigenvalue weighted by Gasteiger charge is 2.14. The van der Waals surface area contributed by atoms with Crippen LogP contribution in [0.4, 0.5) is 4.39 Å². The van der Waals surface area contributed by atoms with Crippen molar-refractivity contribution in [3.05, 3.63) is 58.1 Å². The molecular formula is C14H11BrFNO2. The number of carbonyl (C=O) groups excluding carboxylic acids is 1. The zero-order valence-corrected chi connectivity index (χ0v) is 11.8. The molecule has 0 saturated carbocycles. The maximum Gasteiger partial charge on any atom is 0.168 e. The number of ketones is 1. The first-order valence-electron chi connectivity index (χ1n) is 5.57. The molecule has 0 saturated heterocycles. The van der Waals surface area contributed by atoms with Gasteiger partial charge in [0.1, 0.15) is 0 Å². The second-order valence-corrected chi connectivity index (χ2v) is 4.84. The number of Topliss-reactive ketones (excluding diaryl/α,β-unsaturated/α-hetero) is 1. The summed E-state index contributed by atoms with van der Waals surface area (Å²) in [7, 11) is 1.39. The van der Waals surface area contributed by atoms with Crippen LogP contribution in [0.25, 0.3) is 0 Å². The molecule has 1 heterocycles. The molecule has 19 heavy (non-hydrogen) atoms. The van der Waals surface area contributed by atoms with Crippen molar-refractivity contribution >= 4 is 21.7 Å². The minimum Gasteiger partial charge on any atom is -0.494 e. The molecule has 5 heteroatoms. The number of ether oxygens (including phenoxy) is 1. The number of nitrogens with zero attached hydrogens (tertiary/aromatic N) is 1. The van der Waals surface area contributed by atoms with Crippen LogP contribution in [0.5, 0.6) is 5.75 Å². The van der Waals surface area contributed by atoms with E-state index in [0.29, 0.717) is 15.6 Å². The van der Waals surface area contributed by atoms with Gasteiger partial charge in [0.2, 0.25) is 0 Å². The number of hydrogen-bond acceptors (Lipinski definition) is 3. The van der Waals surface area contributed by atoms with Gasteiger partial charge in [0.15, 0.2) is 17.3 Å². The summed E-state index contributed by atoms with van der Waals surface area (Å²) in [5.74, 6) is -0.556. The van der Waals surface area contributed by atoms with Gasteiger partial charge >= 0.3 is 0 Å². The lowest BCUT2D eigenvalue weighted by atomic mass is 10.0. The Bertz CT molecular complexity index is 616. The first-order valence-corrected chi connectivity index (χ1v) is 6.36. The molecule has 2 rings (SSSR count). The van der Waals surface area contributed by atoms with Crippen molar-refractivity contribution in [2.75, 3.05) is 7.11 Å². The van der Waals surface area contributed by atoms with E-state index >= 15 is 0 Å². The summed E-state index contributed by atoms with van der Waals surface area (Å²) in [6.07, 6.45) is 3.02. The maximum atomic E-state index is 13.9. The standard InChI is InChI=1S/C14H11BrFNO2/c1-19-13-4-2-3-9(14(13)16)6-12(18)10-5-11(15)8-17-7-10/h2-5,7-8H,6H2,1H3. The van der Waals surface area contributed by atoms with Gasteiger partial charge in [0, 0.05) is 28.9 Å². The van der Waals surface area contributed by atoms with E-state index in [2.05, 4.69) is 20.9 Å². The van der Waals surface area contributed by atoms with Gasteiger partial charge in [-0.05, 0) is 33.6 Å². The average Bonchev–Trinajstić information content (AvgIpc) is 2.41. The first-order chi connectivity index (χ1) is 9.11. The SMILES string of the molecule is COc1cccc(CC(=O)c2cncc(Br)c2)c1F. The summed E-state index contributed by atoms with van der Waals surface area (Å²) in [5, 5.41) is 0. The molecule has 0 atom stereocenters. The third-order valence-corrected chi connectivity index (χ3v) is 3.07. The summed E-state index contributed by atoms with van der Waals surface area (Å²) in [4.78, 5) is 16.0. The van der Waals surface area contributed by atoms with E-state index in [1.54, 1.807) is 24.4 Å². The van der Waals surface area contributed by atoms with E-state index < -0.39 is 5.82 Å². The summed E-state index contributed by atoms with van der Waals surface area (Å²) in [6.45, 7) is 0. The smallest absolute Gasteiger partial charge is 0.168 e. The van der Waals surface area contributed by atoms with Crippen molar-refractivity contribution in [2.45, 2.75) is 6.42 Å². The lowest BCUT2D eigenvalue weighted by Gasteiger charge is -2.07. The Hall–Kier alpha value is -1.75. The van der Waals surface area contributed by atoms with Crippen LogP contribution in [-0.2, 0) is 6.42 Å². The topological polar surface area (TPSA) is 39.2 Å². The van der Waals surface area contributed by atoms with E-state index in [1.165, 1.54) is 19.4 Å². The number of hydrogen-bond donors (Lipinski definition) is 0. The number of pyridine rings is 1. The second kappa shape index (κ2) is 5.93. The molecule has 0 aliphatic heterocycles. The van der Waals surface area contributed by atoms with Crippen LogP contribution in [-0.4, -0.2) is 17.9 Å². The highest BCUT2D eigenvalue weighted by atomic mass is 79.9. The van der Waals surface area contributed by atoms with Gasteiger partial charge in [-0.25, -0.2) is 4.39 Å². The fraction of sp³-hybridized carbons (Fsp3) is 0.143. The molecule has 2 aromatic rings. The molecule has 0 N–H and O–H groups in total. The molecule has 3 nitrogen and oxygen atoms in total. The molecule has 0 aliphatic carbocycles. The Morgan fingerprint density at radius 1 is 1.42 bits per heavy atom. The average molecular weight is 324 g/mol. The van der Waals surface area contributed by atoms with Gasteiger partial charge in [-0.2, -0.15) is 0 Å². The zero-order chi connectivity index (χ0) is 13.8. The number of rotatable bonds is 4. The van der Waals surface area contributed by atoms with Crippen molar-refractivity contribution in [3.8, 4) is 5.75 Å². The summed E-state index contributed by atoms with van der Waals surface area (Å²) >= 11 is 3.24. The molecule has 1 aromatic heterocycles. The molecule has 0 radical (unpaired) electrons. The highest BCUT2D eigenvalue weighted by molar-refractivity contribution is 9.10. The lowest BCUT2D eigenvalue weighted by molar-refractivity contribution is 0.0991. The van der Waals surface area contributed by atoms with Crippen molar-refractivity contribution in [1.82, 2.24) is 4.98 Å². The van der Waals surface area contributed by atoms with Crippen LogP contribution in [0, 0.1) is 5.82 Å². The molecule has 0 aliphatic rings. The number of benzene rings is 1. The van der Waals surface area contributed by atoms with Crippen LogP contribution >= 0.6 is 15.9 Å². The maximum absolute atomic E-state index is 13.9.